The van der Waals surface area contributed by atoms with Gasteiger partial charge in [-0.3, -0.25) is 14.6 Å². The van der Waals surface area contributed by atoms with E-state index in [-0.39, 0.29) is 5.91 Å². The van der Waals surface area contributed by atoms with Crippen LogP contribution in [0.5, 0.6) is 5.75 Å². The Morgan fingerprint density at radius 3 is 2.67 bits per heavy atom. The van der Waals surface area contributed by atoms with Crippen LogP contribution in [0.15, 0.2) is 53.5 Å². The molecule has 0 bridgehead atoms. The molecule has 0 radical (unpaired) electrons. The summed E-state index contributed by atoms with van der Waals surface area (Å²) in [7, 11) is 1.64. The molecule has 5 heteroatoms. The van der Waals surface area contributed by atoms with Gasteiger partial charge in [0, 0.05) is 12.1 Å². The minimum atomic E-state index is -0.0229. The molecule has 0 saturated carbocycles. The van der Waals surface area contributed by atoms with E-state index in [9.17, 15) is 4.79 Å². The lowest BCUT2D eigenvalue weighted by atomic mass is 10.0. The molecule has 2 aliphatic heterocycles. The highest BCUT2D eigenvalue weighted by Gasteiger charge is 2.35. The van der Waals surface area contributed by atoms with Crippen LogP contribution in [0, 0.1) is 5.92 Å². The summed E-state index contributed by atoms with van der Waals surface area (Å²) in [6, 6.07) is 15.4. The molecule has 27 heavy (non-hydrogen) atoms. The highest BCUT2D eigenvalue weighted by atomic mass is 16.5. The molecule has 140 valence electrons. The first-order valence-electron chi connectivity index (χ1n) is 9.52. The van der Waals surface area contributed by atoms with Crippen LogP contribution in [0.2, 0.25) is 0 Å². The smallest absolute Gasteiger partial charge is 0.278 e. The molecular formula is C22H25N3O2. The fourth-order valence-electron chi connectivity index (χ4n) is 3.91. The molecule has 0 spiro atoms. The van der Waals surface area contributed by atoms with Gasteiger partial charge in [0.15, 0.2) is 0 Å². The average Bonchev–Trinajstić information content (AvgIpc) is 2.95. The second kappa shape index (κ2) is 7.53. The first kappa shape index (κ1) is 17.7. The van der Waals surface area contributed by atoms with Crippen molar-refractivity contribution in [2.24, 2.45) is 10.9 Å². The van der Waals surface area contributed by atoms with Crippen LogP contribution in [-0.2, 0) is 4.79 Å². The van der Waals surface area contributed by atoms with Crippen LogP contribution in [0.1, 0.15) is 25.3 Å². The molecular weight excluding hydrogens is 338 g/mol. The van der Waals surface area contributed by atoms with Gasteiger partial charge in [0.05, 0.1) is 25.2 Å². The summed E-state index contributed by atoms with van der Waals surface area (Å²) in [5.74, 6) is 1.43. The average molecular weight is 363 g/mol. The molecule has 2 aromatic carbocycles. The third-order valence-electron chi connectivity index (χ3n) is 5.29. The van der Waals surface area contributed by atoms with Gasteiger partial charge in [-0.25, -0.2) is 4.99 Å². The number of benzene rings is 2. The maximum atomic E-state index is 13.2. The van der Waals surface area contributed by atoms with Gasteiger partial charge in [-0.15, -0.1) is 0 Å². The molecule has 2 aliphatic rings. The van der Waals surface area contributed by atoms with Gasteiger partial charge >= 0.3 is 0 Å². The van der Waals surface area contributed by atoms with Crippen molar-refractivity contribution < 1.29 is 9.53 Å². The van der Waals surface area contributed by atoms with Crippen LogP contribution in [0.25, 0.3) is 0 Å². The molecule has 5 nitrogen and oxygen atoms in total. The minimum absolute atomic E-state index is 0.0229. The number of carbonyl (C=O) groups excluding carboxylic acids is 1. The number of amides is 1. The second-order valence-corrected chi connectivity index (χ2v) is 7.37. The maximum absolute atomic E-state index is 13.2. The van der Waals surface area contributed by atoms with E-state index in [2.05, 4.69) is 16.8 Å². The monoisotopic (exact) mass is 363 g/mol. The van der Waals surface area contributed by atoms with Crippen molar-refractivity contribution >= 4 is 23.0 Å². The van der Waals surface area contributed by atoms with E-state index >= 15 is 0 Å². The van der Waals surface area contributed by atoms with Crippen molar-refractivity contribution in [2.75, 3.05) is 31.8 Å². The third kappa shape index (κ3) is 3.60. The van der Waals surface area contributed by atoms with Crippen LogP contribution in [-0.4, -0.2) is 43.4 Å². The summed E-state index contributed by atoms with van der Waals surface area (Å²) in [5, 5.41) is 0. The fraction of sp³-hybridized carbons (Fsp3) is 0.364. The van der Waals surface area contributed by atoms with Gasteiger partial charge in [0.2, 0.25) is 0 Å². The van der Waals surface area contributed by atoms with E-state index in [1.54, 1.807) is 7.11 Å². The van der Waals surface area contributed by atoms with E-state index < -0.39 is 0 Å². The van der Waals surface area contributed by atoms with Crippen LogP contribution < -0.4 is 9.64 Å². The Morgan fingerprint density at radius 2 is 1.93 bits per heavy atom. The number of hydrogen-bond acceptors (Lipinski definition) is 4. The number of methoxy groups -OCH3 is 1. The zero-order valence-electron chi connectivity index (χ0n) is 15.9. The number of rotatable bonds is 4. The van der Waals surface area contributed by atoms with Crippen LogP contribution >= 0.6 is 0 Å². The minimum Gasteiger partial charge on any atom is -0.497 e. The number of carbonyl (C=O) groups is 1. The molecule has 0 aliphatic carbocycles. The number of fused-ring (bicyclic) bond motifs is 1. The normalized spacial score (nSPS) is 21.6. The molecule has 1 atom stereocenters. The Morgan fingerprint density at radius 1 is 1.15 bits per heavy atom. The summed E-state index contributed by atoms with van der Waals surface area (Å²) >= 11 is 0. The van der Waals surface area contributed by atoms with E-state index in [1.165, 1.54) is 12.8 Å². The Labute approximate surface area is 160 Å². The van der Waals surface area contributed by atoms with Gasteiger partial charge in [0.25, 0.3) is 5.91 Å². The Balaban J connectivity index is 1.63. The Bertz CT molecular complexity index is 860. The zero-order chi connectivity index (χ0) is 18.8. The summed E-state index contributed by atoms with van der Waals surface area (Å²) in [6.45, 7) is 4.99. The number of piperidine rings is 1. The number of aliphatic imine (C=N–C) groups is 1. The fourth-order valence-corrected chi connectivity index (χ4v) is 3.91. The maximum Gasteiger partial charge on any atom is 0.278 e. The molecule has 0 N–H and O–H groups in total. The summed E-state index contributed by atoms with van der Waals surface area (Å²) < 4.78 is 5.20. The highest BCUT2D eigenvalue weighted by Crippen LogP contribution is 2.32. The molecule has 1 amide bonds. The first-order valence-corrected chi connectivity index (χ1v) is 9.52. The first-order chi connectivity index (χ1) is 13.2. The Hall–Kier alpha value is -2.66. The standard InChI is InChI=1S/C22H25N3O2/c1-16-6-5-13-24(14-16)15-25-20-8-4-3-7-19(20)21(22(25)26)23-17-9-11-18(27-2)12-10-17/h3-4,7-12,16H,5-6,13-15H2,1-2H3/t16-/m1/s1. The number of para-hydroxylation sites is 1. The van der Waals surface area contributed by atoms with Crippen molar-refractivity contribution in [3.8, 4) is 5.75 Å². The van der Waals surface area contributed by atoms with E-state index in [0.717, 1.165) is 35.8 Å². The predicted molar refractivity (Wildman–Crippen MR) is 108 cm³/mol. The van der Waals surface area contributed by atoms with Crippen molar-refractivity contribution in [1.29, 1.82) is 0 Å². The van der Waals surface area contributed by atoms with E-state index in [1.807, 2.05) is 53.4 Å². The van der Waals surface area contributed by atoms with Gasteiger partial charge in [-0.1, -0.05) is 25.1 Å². The zero-order valence-corrected chi connectivity index (χ0v) is 15.9. The lowest BCUT2D eigenvalue weighted by Gasteiger charge is -2.33. The molecule has 2 aromatic rings. The molecule has 0 aromatic heterocycles. The summed E-state index contributed by atoms with van der Waals surface area (Å²) in [6.07, 6.45) is 2.46. The van der Waals surface area contributed by atoms with Gasteiger partial charge in [0.1, 0.15) is 11.5 Å². The highest BCUT2D eigenvalue weighted by molar-refractivity contribution is 6.54. The number of hydrogen-bond donors (Lipinski definition) is 0. The van der Waals surface area contributed by atoms with Gasteiger partial charge < -0.3 is 4.74 Å². The van der Waals surface area contributed by atoms with Gasteiger partial charge in [-0.2, -0.15) is 0 Å². The molecule has 1 saturated heterocycles. The van der Waals surface area contributed by atoms with Crippen molar-refractivity contribution in [2.45, 2.75) is 19.8 Å². The predicted octanol–water partition coefficient (Wildman–Crippen LogP) is 3.85. The third-order valence-corrected chi connectivity index (χ3v) is 5.29. The second-order valence-electron chi connectivity index (χ2n) is 7.37. The van der Waals surface area contributed by atoms with Crippen molar-refractivity contribution in [3.05, 3.63) is 54.1 Å². The lowest BCUT2D eigenvalue weighted by Crippen LogP contribution is -2.45. The molecule has 1 fully saturated rings. The van der Waals surface area contributed by atoms with Crippen LogP contribution in [0.4, 0.5) is 11.4 Å². The topological polar surface area (TPSA) is 45.1 Å². The number of likely N-dealkylation sites (tertiary alicyclic amines) is 1. The van der Waals surface area contributed by atoms with Crippen LogP contribution in [0.3, 0.4) is 0 Å². The molecule has 2 heterocycles. The summed E-state index contributed by atoms with van der Waals surface area (Å²) in [5.41, 5.74) is 3.12. The SMILES string of the molecule is COc1ccc(N=C2C(=O)N(CN3CCC[C@@H](C)C3)c3ccccc32)cc1. The van der Waals surface area contributed by atoms with Gasteiger partial charge in [-0.05, 0) is 55.6 Å². The van der Waals surface area contributed by atoms with Crippen molar-refractivity contribution in [1.82, 2.24) is 4.90 Å². The number of ether oxygens (including phenoxy) is 1. The largest absolute Gasteiger partial charge is 0.497 e. The van der Waals surface area contributed by atoms with Crippen molar-refractivity contribution in [3.63, 3.8) is 0 Å². The number of nitrogens with zero attached hydrogens (tertiary/aromatic N) is 3. The Kier molecular flexibility index (Phi) is 4.94. The lowest BCUT2D eigenvalue weighted by molar-refractivity contribution is -0.112. The number of anilines is 1. The molecule has 4 rings (SSSR count). The van der Waals surface area contributed by atoms with E-state index in [0.29, 0.717) is 18.3 Å². The van der Waals surface area contributed by atoms with E-state index in [4.69, 9.17) is 4.74 Å². The molecule has 0 unspecified atom stereocenters. The quantitative estimate of drug-likeness (QED) is 0.829. The summed E-state index contributed by atoms with van der Waals surface area (Å²) in [4.78, 5) is 22.1.